The maximum atomic E-state index is 11.4. The highest BCUT2D eigenvalue weighted by molar-refractivity contribution is 5.93. The lowest BCUT2D eigenvalue weighted by molar-refractivity contribution is 0.0485. The van der Waals surface area contributed by atoms with Crippen LogP contribution in [0.3, 0.4) is 0 Å². The number of rotatable bonds is 4. The summed E-state index contributed by atoms with van der Waals surface area (Å²) in [5.74, 6) is -0.0222. The number of carboxylic acids is 1. The van der Waals surface area contributed by atoms with Gasteiger partial charge in [-0.2, -0.15) is 0 Å². The van der Waals surface area contributed by atoms with Crippen LogP contribution in [0.2, 0.25) is 0 Å². The second kappa shape index (κ2) is 5.40. The molecule has 5 nitrogen and oxygen atoms in total. The summed E-state index contributed by atoms with van der Waals surface area (Å²) in [6, 6.07) is 1.78. The molecule has 20 heavy (non-hydrogen) atoms. The van der Waals surface area contributed by atoms with Gasteiger partial charge >= 0.3 is 5.97 Å². The van der Waals surface area contributed by atoms with Crippen LogP contribution in [0.1, 0.15) is 47.3 Å². The highest BCUT2D eigenvalue weighted by Gasteiger charge is 2.27. The number of pyridine rings is 1. The van der Waals surface area contributed by atoms with Gasteiger partial charge in [-0.25, -0.2) is 9.78 Å². The smallest absolute Gasteiger partial charge is 0.339 e. The molecule has 0 unspecified atom stereocenters. The predicted molar refractivity (Wildman–Crippen MR) is 75.1 cm³/mol. The third kappa shape index (κ3) is 2.63. The number of anilines is 1. The van der Waals surface area contributed by atoms with Crippen LogP contribution in [-0.2, 0) is 12.8 Å². The van der Waals surface area contributed by atoms with Gasteiger partial charge in [0, 0.05) is 12.2 Å². The Labute approximate surface area is 118 Å². The zero-order valence-corrected chi connectivity index (χ0v) is 11.4. The topological polar surface area (TPSA) is 82.5 Å². The summed E-state index contributed by atoms with van der Waals surface area (Å²) >= 11 is 0. The van der Waals surface area contributed by atoms with Crippen LogP contribution in [0.25, 0.3) is 0 Å². The van der Waals surface area contributed by atoms with E-state index in [0.29, 0.717) is 18.3 Å². The molecule has 0 aliphatic heterocycles. The molecule has 5 heteroatoms. The van der Waals surface area contributed by atoms with Crippen LogP contribution in [0.15, 0.2) is 6.07 Å². The highest BCUT2D eigenvalue weighted by atomic mass is 16.4. The Hall–Kier alpha value is -1.62. The number of aromatic nitrogens is 1. The molecule has 108 valence electrons. The Morgan fingerprint density at radius 1 is 1.35 bits per heavy atom. The first-order valence-electron chi connectivity index (χ1n) is 7.31. The Bertz CT molecular complexity index is 524. The zero-order chi connectivity index (χ0) is 14.1. The number of hydrogen-bond acceptors (Lipinski definition) is 4. The molecule has 0 amide bonds. The van der Waals surface area contributed by atoms with Gasteiger partial charge in [0.1, 0.15) is 11.4 Å². The van der Waals surface area contributed by atoms with Gasteiger partial charge in [-0.3, -0.25) is 0 Å². The molecule has 1 fully saturated rings. The summed E-state index contributed by atoms with van der Waals surface area (Å²) in [5, 5.41) is 21.8. The van der Waals surface area contributed by atoms with Crippen molar-refractivity contribution < 1.29 is 15.0 Å². The Morgan fingerprint density at radius 3 is 2.80 bits per heavy atom. The van der Waals surface area contributed by atoms with Gasteiger partial charge in [-0.05, 0) is 56.1 Å². The summed E-state index contributed by atoms with van der Waals surface area (Å²) < 4.78 is 0. The van der Waals surface area contributed by atoms with Gasteiger partial charge in [-0.1, -0.05) is 0 Å². The monoisotopic (exact) mass is 276 g/mol. The molecule has 0 spiro atoms. The number of carboxylic acid groups (broad SMARTS) is 1. The number of nitrogens with one attached hydrogen (secondary N) is 1. The summed E-state index contributed by atoms with van der Waals surface area (Å²) in [5.41, 5.74) is 2.39. The van der Waals surface area contributed by atoms with Crippen molar-refractivity contribution >= 4 is 11.8 Å². The van der Waals surface area contributed by atoms with Crippen LogP contribution >= 0.6 is 0 Å². The molecule has 0 atom stereocenters. The van der Waals surface area contributed by atoms with E-state index in [0.717, 1.165) is 49.8 Å². The second-order valence-corrected chi connectivity index (χ2v) is 5.87. The molecule has 3 N–H and O–H groups in total. The Morgan fingerprint density at radius 2 is 2.10 bits per heavy atom. The van der Waals surface area contributed by atoms with E-state index in [2.05, 4.69) is 10.3 Å². The van der Waals surface area contributed by atoms with Gasteiger partial charge in [-0.15, -0.1) is 0 Å². The number of carbonyl (C=O) groups is 1. The van der Waals surface area contributed by atoms with Crippen LogP contribution in [-0.4, -0.2) is 33.8 Å². The number of fused-ring (bicyclic) bond motifs is 1. The van der Waals surface area contributed by atoms with E-state index in [-0.39, 0.29) is 11.7 Å². The van der Waals surface area contributed by atoms with Crippen molar-refractivity contribution in [3.63, 3.8) is 0 Å². The largest absolute Gasteiger partial charge is 0.478 e. The van der Waals surface area contributed by atoms with Gasteiger partial charge < -0.3 is 15.5 Å². The van der Waals surface area contributed by atoms with Crippen LogP contribution < -0.4 is 5.32 Å². The number of aryl methyl sites for hydroxylation is 2. The van der Waals surface area contributed by atoms with Crippen LogP contribution in [0, 0.1) is 5.92 Å². The van der Waals surface area contributed by atoms with E-state index in [1.807, 2.05) is 0 Å². The fourth-order valence-electron chi connectivity index (χ4n) is 3.04. The van der Waals surface area contributed by atoms with E-state index < -0.39 is 5.97 Å². The summed E-state index contributed by atoms with van der Waals surface area (Å²) in [6.07, 6.45) is 5.50. The third-order valence-corrected chi connectivity index (χ3v) is 4.30. The van der Waals surface area contributed by atoms with E-state index in [4.69, 9.17) is 0 Å². The van der Waals surface area contributed by atoms with E-state index in [1.165, 1.54) is 0 Å². The van der Waals surface area contributed by atoms with Crippen molar-refractivity contribution in [2.75, 3.05) is 11.9 Å². The van der Waals surface area contributed by atoms with Crippen molar-refractivity contribution in [1.29, 1.82) is 0 Å². The average molecular weight is 276 g/mol. The number of aromatic carboxylic acids is 1. The Kier molecular flexibility index (Phi) is 3.61. The van der Waals surface area contributed by atoms with Gasteiger partial charge in [0.15, 0.2) is 0 Å². The second-order valence-electron chi connectivity index (χ2n) is 5.87. The maximum absolute atomic E-state index is 11.4. The van der Waals surface area contributed by atoms with Crippen molar-refractivity contribution in [3.8, 4) is 0 Å². The lowest BCUT2D eigenvalue weighted by Gasteiger charge is -2.31. The van der Waals surface area contributed by atoms with Crippen LogP contribution in [0.4, 0.5) is 5.82 Å². The molecule has 0 radical (unpaired) electrons. The third-order valence-electron chi connectivity index (χ3n) is 4.30. The molecule has 0 bridgehead atoms. The fraction of sp³-hybridized carbons (Fsp3) is 0.600. The highest BCUT2D eigenvalue weighted by Crippen LogP contribution is 2.29. The molecule has 0 saturated heterocycles. The SMILES string of the molecule is O=C(O)c1cc2c(nc1NCC1CC(O)C1)CCCC2. The van der Waals surface area contributed by atoms with Gasteiger partial charge in [0.2, 0.25) is 0 Å². The molecule has 2 aliphatic rings. The van der Waals surface area contributed by atoms with E-state index in [1.54, 1.807) is 6.07 Å². The maximum Gasteiger partial charge on any atom is 0.339 e. The minimum Gasteiger partial charge on any atom is -0.478 e. The minimum absolute atomic E-state index is 0.183. The molecule has 1 saturated carbocycles. The first kappa shape index (κ1) is 13.4. The molecule has 3 rings (SSSR count). The summed E-state index contributed by atoms with van der Waals surface area (Å²) in [6.45, 7) is 0.684. The molecular weight excluding hydrogens is 256 g/mol. The number of hydrogen-bond donors (Lipinski definition) is 3. The van der Waals surface area contributed by atoms with E-state index >= 15 is 0 Å². The number of aliphatic hydroxyl groups is 1. The minimum atomic E-state index is -0.929. The van der Waals surface area contributed by atoms with Crippen LogP contribution in [0.5, 0.6) is 0 Å². The Balaban J connectivity index is 1.78. The lowest BCUT2D eigenvalue weighted by atomic mass is 9.82. The van der Waals surface area contributed by atoms with Gasteiger partial charge in [0.25, 0.3) is 0 Å². The summed E-state index contributed by atoms with van der Waals surface area (Å²) in [7, 11) is 0. The fourth-order valence-corrected chi connectivity index (χ4v) is 3.04. The number of nitrogens with zero attached hydrogens (tertiary/aromatic N) is 1. The molecule has 1 aromatic heterocycles. The quantitative estimate of drug-likeness (QED) is 0.781. The van der Waals surface area contributed by atoms with Crippen molar-refractivity contribution in [2.24, 2.45) is 5.92 Å². The lowest BCUT2D eigenvalue weighted by Crippen LogP contribution is -2.33. The molecule has 1 aromatic rings. The molecule has 1 heterocycles. The first-order chi connectivity index (χ1) is 9.63. The van der Waals surface area contributed by atoms with Crippen molar-refractivity contribution in [2.45, 2.75) is 44.6 Å². The normalized spacial score (nSPS) is 24.6. The molecular formula is C15H20N2O3. The van der Waals surface area contributed by atoms with Crippen molar-refractivity contribution in [3.05, 3.63) is 22.9 Å². The van der Waals surface area contributed by atoms with Crippen molar-refractivity contribution in [1.82, 2.24) is 4.98 Å². The van der Waals surface area contributed by atoms with Gasteiger partial charge in [0.05, 0.1) is 6.10 Å². The molecule has 0 aromatic carbocycles. The zero-order valence-electron chi connectivity index (χ0n) is 11.4. The average Bonchev–Trinajstić information content (AvgIpc) is 2.41. The van der Waals surface area contributed by atoms with E-state index in [9.17, 15) is 15.0 Å². The predicted octanol–water partition coefficient (Wildman–Crippen LogP) is 1.84. The summed E-state index contributed by atoms with van der Waals surface area (Å²) in [4.78, 5) is 15.9. The number of aliphatic hydroxyl groups excluding tert-OH is 1. The standard InChI is InChI=1S/C15H20N2O3/c18-11-5-9(6-11)8-16-14-12(15(19)20)7-10-3-1-2-4-13(10)17-14/h7,9,11,18H,1-6,8H2,(H,16,17)(H,19,20). The molecule has 2 aliphatic carbocycles. The first-order valence-corrected chi connectivity index (χ1v) is 7.31.